The van der Waals surface area contributed by atoms with E-state index in [2.05, 4.69) is 10.6 Å². The number of benzene rings is 1. The molecule has 1 aliphatic carbocycles. The number of imide groups is 1. The molecule has 0 radical (unpaired) electrons. The van der Waals surface area contributed by atoms with Crippen molar-refractivity contribution in [3.05, 3.63) is 23.8 Å². The van der Waals surface area contributed by atoms with Gasteiger partial charge in [-0.1, -0.05) is 25.8 Å². The van der Waals surface area contributed by atoms with Gasteiger partial charge in [0.2, 0.25) is 5.91 Å². The van der Waals surface area contributed by atoms with Crippen molar-refractivity contribution in [2.24, 2.45) is 5.92 Å². The maximum absolute atomic E-state index is 13.0. The Labute approximate surface area is 183 Å². The van der Waals surface area contributed by atoms with Gasteiger partial charge in [-0.15, -0.1) is 0 Å². The monoisotopic (exact) mass is 431 g/mol. The third-order valence-corrected chi connectivity index (χ3v) is 6.15. The number of rotatable bonds is 9. The highest BCUT2D eigenvalue weighted by atomic mass is 16.5. The molecule has 1 saturated carbocycles. The van der Waals surface area contributed by atoms with Crippen molar-refractivity contribution in [3.8, 4) is 11.5 Å². The summed E-state index contributed by atoms with van der Waals surface area (Å²) in [5.74, 6) is 0.832. The Morgan fingerprint density at radius 2 is 1.94 bits per heavy atom. The summed E-state index contributed by atoms with van der Waals surface area (Å²) in [6.07, 6.45) is 4.10. The van der Waals surface area contributed by atoms with Gasteiger partial charge in [-0.2, -0.15) is 0 Å². The molecule has 1 heterocycles. The van der Waals surface area contributed by atoms with Crippen LogP contribution in [0.2, 0.25) is 0 Å². The second-order valence-electron chi connectivity index (χ2n) is 8.19. The van der Waals surface area contributed by atoms with E-state index >= 15 is 0 Å². The van der Waals surface area contributed by atoms with Gasteiger partial charge < -0.3 is 20.1 Å². The van der Waals surface area contributed by atoms with Crippen LogP contribution in [0.15, 0.2) is 18.2 Å². The van der Waals surface area contributed by atoms with Gasteiger partial charge in [-0.25, -0.2) is 4.79 Å². The van der Waals surface area contributed by atoms with Crippen LogP contribution >= 0.6 is 0 Å². The molecule has 31 heavy (non-hydrogen) atoms. The highest BCUT2D eigenvalue weighted by Crippen LogP contribution is 2.38. The summed E-state index contributed by atoms with van der Waals surface area (Å²) in [5.41, 5.74) is 0.158. The van der Waals surface area contributed by atoms with E-state index in [1.165, 1.54) is 0 Å². The zero-order chi connectivity index (χ0) is 22.4. The molecule has 1 saturated heterocycles. The normalized spacial score (nSPS) is 23.1. The third kappa shape index (κ3) is 4.94. The predicted molar refractivity (Wildman–Crippen MR) is 116 cm³/mol. The smallest absolute Gasteiger partial charge is 0.325 e. The molecule has 0 aromatic heterocycles. The van der Waals surface area contributed by atoms with Gasteiger partial charge in [-0.3, -0.25) is 14.5 Å². The maximum Gasteiger partial charge on any atom is 0.325 e. The topological polar surface area (TPSA) is 97.0 Å². The molecule has 2 aliphatic rings. The van der Waals surface area contributed by atoms with Crippen LogP contribution in [0.5, 0.6) is 11.5 Å². The molecule has 2 fully saturated rings. The molecule has 2 atom stereocenters. The fourth-order valence-corrected chi connectivity index (χ4v) is 4.44. The van der Waals surface area contributed by atoms with E-state index in [0.717, 1.165) is 29.7 Å². The van der Waals surface area contributed by atoms with Gasteiger partial charge in [0, 0.05) is 6.54 Å². The Balaban J connectivity index is 1.53. The number of hydrogen-bond acceptors (Lipinski definition) is 5. The van der Waals surface area contributed by atoms with Gasteiger partial charge in [0.1, 0.15) is 12.1 Å². The lowest BCUT2D eigenvalue weighted by Gasteiger charge is -2.36. The zero-order valence-corrected chi connectivity index (χ0v) is 18.7. The highest BCUT2D eigenvalue weighted by molar-refractivity contribution is 6.09. The Kier molecular flexibility index (Phi) is 7.41. The molecule has 0 bridgehead atoms. The molecular formula is C23H33N3O5. The Morgan fingerprint density at radius 3 is 2.65 bits per heavy atom. The standard InChI is InChI=1S/C23H33N3O5/c1-4-30-18-10-9-17(14-19(18)31-5-2)11-13-24-20(27)15-26-21(28)23(25-22(26)29)12-7-6-8-16(23)3/h9-10,14,16H,4-8,11-13,15H2,1-3H3,(H,24,27)(H,25,29)/t16-,23+/m1/s1. The molecule has 0 unspecified atom stereocenters. The molecule has 1 aromatic carbocycles. The molecular weight excluding hydrogens is 398 g/mol. The van der Waals surface area contributed by atoms with E-state index in [-0.39, 0.29) is 24.3 Å². The van der Waals surface area contributed by atoms with Crippen molar-refractivity contribution in [1.82, 2.24) is 15.5 Å². The molecule has 8 heteroatoms. The number of urea groups is 1. The summed E-state index contributed by atoms with van der Waals surface area (Å²) in [7, 11) is 0. The van der Waals surface area contributed by atoms with Gasteiger partial charge >= 0.3 is 6.03 Å². The number of carbonyl (C=O) groups is 3. The zero-order valence-electron chi connectivity index (χ0n) is 18.7. The summed E-state index contributed by atoms with van der Waals surface area (Å²) in [4.78, 5) is 38.8. The number of nitrogens with zero attached hydrogens (tertiary/aromatic N) is 1. The molecule has 1 aliphatic heterocycles. The minimum Gasteiger partial charge on any atom is -0.490 e. The third-order valence-electron chi connectivity index (χ3n) is 6.15. The van der Waals surface area contributed by atoms with Crippen molar-refractivity contribution in [3.63, 3.8) is 0 Å². The van der Waals surface area contributed by atoms with Crippen LogP contribution in [0, 0.1) is 5.92 Å². The first-order valence-electron chi connectivity index (χ1n) is 11.2. The highest BCUT2D eigenvalue weighted by Gasteiger charge is 2.55. The van der Waals surface area contributed by atoms with Gasteiger partial charge in [-0.05, 0) is 56.7 Å². The van der Waals surface area contributed by atoms with Crippen LogP contribution in [0.25, 0.3) is 0 Å². The largest absolute Gasteiger partial charge is 0.490 e. The first-order valence-corrected chi connectivity index (χ1v) is 11.2. The molecule has 8 nitrogen and oxygen atoms in total. The first kappa shape index (κ1) is 22.9. The summed E-state index contributed by atoms with van der Waals surface area (Å²) in [6.45, 7) is 7.05. The van der Waals surface area contributed by atoms with Crippen molar-refractivity contribution in [1.29, 1.82) is 0 Å². The fourth-order valence-electron chi connectivity index (χ4n) is 4.44. The SMILES string of the molecule is CCOc1ccc(CCNC(=O)CN2C(=O)N[C@]3(CCCC[C@H]3C)C2=O)cc1OCC. The van der Waals surface area contributed by atoms with Gasteiger partial charge in [0.05, 0.1) is 13.2 Å². The number of carbonyl (C=O) groups excluding carboxylic acids is 3. The average molecular weight is 432 g/mol. The van der Waals surface area contributed by atoms with Crippen LogP contribution in [0.1, 0.15) is 52.0 Å². The van der Waals surface area contributed by atoms with Crippen molar-refractivity contribution >= 4 is 17.8 Å². The van der Waals surface area contributed by atoms with Crippen molar-refractivity contribution < 1.29 is 23.9 Å². The lowest BCUT2D eigenvalue weighted by Crippen LogP contribution is -2.54. The van der Waals surface area contributed by atoms with E-state index in [1.54, 1.807) is 0 Å². The molecule has 1 aromatic rings. The Morgan fingerprint density at radius 1 is 1.19 bits per heavy atom. The van der Waals surface area contributed by atoms with Crippen LogP contribution < -0.4 is 20.1 Å². The minimum atomic E-state index is -0.840. The second-order valence-corrected chi connectivity index (χ2v) is 8.19. The van der Waals surface area contributed by atoms with Crippen LogP contribution in [0.3, 0.4) is 0 Å². The summed E-state index contributed by atoms with van der Waals surface area (Å²) in [6, 6.07) is 5.24. The van der Waals surface area contributed by atoms with Gasteiger partial charge in [0.15, 0.2) is 11.5 Å². The lowest BCUT2D eigenvalue weighted by atomic mass is 9.73. The summed E-state index contributed by atoms with van der Waals surface area (Å²) in [5, 5.41) is 5.68. The van der Waals surface area contributed by atoms with E-state index in [9.17, 15) is 14.4 Å². The molecule has 3 rings (SSSR count). The van der Waals surface area contributed by atoms with Crippen LogP contribution in [0.4, 0.5) is 4.79 Å². The van der Waals surface area contributed by atoms with E-state index in [4.69, 9.17) is 9.47 Å². The van der Waals surface area contributed by atoms with Crippen LogP contribution in [-0.4, -0.2) is 54.6 Å². The van der Waals surface area contributed by atoms with E-state index < -0.39 is 11.6 Å². The molecule has 1 spiro atoms. The molecule has 170 valence electrons. The number of amides is 4. The lowest BCUT2D eigenvalue weighted by molar-refractivity contribution is -0.137. The number of ether oxygens (including phenoxy) is 2. The maximum atomic E-state index is 13.0. The Bertz CT molecular complexity index is 827. The van der Waals surface area contributed by atoms with Crippen molar-refractivity contribution in [2.45, 2.75) is 58.4 Å². The predicted octanol–water partition coefficient (Wildman–Crippen LogP) is 2.64. The first-order chi connectivity index (χ1) is 14.9. The van der Waals surface area contributed by atoms with Crippen LogP contribution in [-0.2, 0) is 16.0 Å². The van der Waals surface area contributed by atoms with Crippen molar-refractivity contribution in [2.75, 3.05) is 26.3 Å². The second kappa shape index (κ2) is 10.0. The molecule has 4 amide bonds. The van der Waals surface area contributed by atoms with Gasteiger partial charge in [0.25, 0.3) is 5.91 Å². The number of nitrogens with one attached hydrogen (secondary N) is 2. The average Bonchev–Trinajstić information content (AvgIpc) is 2.97. The number of hydrogen-bond donors (Lipinski definition) is 2. The minimum absolute atomic E-state index is 0.0740. The summed E-state index contributed by atoms with van der Waals surface area (Å²) < 4.78 is 11.2. The fraction of sp³-hybridized carbons (Fsp3) is 0.609. The van der Waals surface area contributed by atoms with E-state index in [0.29, 0.717) is 44.1 Å². The summed E-state index contributed by atoms with van der Waals surface area (Å²) >= 11 is 0. The quantitative estimate of drug-likeness (QED) is 0.586. The Hall–Kier alpha value is -2.77. The molecule has 2 N–H and O–H groups in total. The van der Waals surface area contributed by atoms with E-state index in [1.807, 2.05) is 39.0 Å².